The molecule has 3 rings (SSSR count). The van der Waals surface area contributed by atoms with Crippen molar-refractivity contribution in [3.05, 3.63) is 39.9 Å². The van der Waals surface area contributed by atoms with Crippen LogP contribution in [0, 0.1) is 22.0 Å². The van der Waals surface area contributed by atoms with Gasteiger partial charge in [-0.25, -0.2) is 0 Å². The summed E-state index contributed by atoms with van der Waals surface area (Å²) >= 11 is 0. The fourth-order valence-electron chi connectivity index (χ4n) is 3.52. The van der Waals surface area contributed by atoms with E-state index < -0.39 is 0 Å². The highest BCUT2D eigenvalue weighted by atomic mass is 16.6. The van der Waals surface area contributed by atoms with Crippen LogP contribution in [0.2, 0.25) is 0 Å². The first-order valence-electron chi connectivity index (χ1n) is 6.69. The SMILES string of the molecule is O=[N+]([O-])c1cccc(CNC2CC3CCC2C3)c1. The summed E-state index contributed by atoms with van der Waals surface area (Å²) in [7, 11) is 0. The molecule has 0 heterocycles. The van der Waals surface area contributed by atoms with Crippen molar-refractivity contribution in [2.24, 2.45) is 11.8 Å². The molecule has 1 N–H and O–H groups in total. The Morgan fingerprint density at radius 3 is 2.89 bits per heavy atom. The number of non-ortho nitro benzene ring substituents is 1. The van der Waals surface area contributed by atoms with Crippen molar-refractivity contribution in [2.45, 2.75) is 38.3 Å². The van der Waals surface area contributed by atoms with E-state index in [1.54, 1.807) is 18.2 Å². The predicted octanol–water partition coefficient (Wildman–Crippen LogP) is 2.87. The molecule has 96 valence electrons. The van der Waals surface area contributed by atoms with Crippen molar-refractivity contribution in [1.29, 1.82) is 0 Å². The molecule has 3 unspecified atom stereocenters. The van der Waals surface area contributed by atoms with E-state index in [0.717, 1.165) is 23.9 Å². The Balaban J connectivity index is 1.60. The minimum absolute atomic E-state index is 0.183. The summed E-state index contributed by atoms with van der Waals surface area (Å²) in [5.41, 5.74) is 1.19. The summed E-state index contributed by atoms with van der Waals surface area (Å²) in [6.07, 6.45) is 5.43. The number of hydrogen-bond donors (Lipinski definition) is 1. The second-order valence-corrected chi connectivity index (χ2v) is 5.59. The lowest BCUT2D eigenvalue weighted by Crippen LogP contribution is -2.33. The molecule has 2 bridgehead atoms. The molecule has 2 aliphatic rings. The maximum absolute atomic E-state index is 10.7. The van der Waals surface area contributed by atoms with Gasteiger partial charge in [0, 0.05) is 24.7 Å². The van der Waals surface area contributed by atoms with Crippen molar-refractivity contribution in [1.82, 2.24) is 5.32 Å². The highest BCUT2D eigenvalue weighted by Gasteiger charge is 2.38. The lowest BCUT2D eigenvalue weighted by atomic mass is 9.95. The van der Waals surface area contributed by atoms with Gasteiger partial charge in [-0.15, -0.1) is 0 Å². The van der Waals surface area contributed by atoms with Crippen molar-refractivity contribution < 1.29 is 4.92 Å². The highest BCUT2D eigenvalue weighted by molar-refractivity contribution is 5.34. The van der Waals surface area contributed by atoms with Crippen LogP contribution in [-0.2, 0) is 6.54 Å². The molecule has 0 amide bonds. The molecular weight excluding hydrogens is 228 g/mol. The molecule has 2 aliphatic carbocycles. The Morgan fingerprint density at radius 2 is 2.22 bits per heavy atom. The van der Waals surface area contributed by atoms with Crippen LogP contribution in [0.4, 0.5) is 5.69 Å². The molecule has 2 fully saturated rings. The monoisotopic (exact) mass is 246 g/mol. The standard InChI is InChI=1S/C14H18N2O2/c17-16(18)13-3-1-2-11(7-13)9-15-14-8-10-4-5-12(14)6-10/h1-3,7,10,12,14-15H,4-6,8-9H2. The zero-order chi connectivity index (χ0) is 12.5. The lowest BCUT2D eigenvalue weighted by Gasteiger charge is -2.22. The van der Waals surface area contributed by atoms with Gasteiger partial charge in [-0.3, -0.25) is 10.1 Å². The summed E-state index contributed by atoms with van der Waals surface area (Å²) in [6.45, 7) is 0.746. The molecule has 0 aliphatic heterocycles. The van der Waals surface area contributed by atoms with Gasteiger partial charge >= 0.3 is 0 Å². The van der Waals surface area contributed by atoms with Gasteiger partial charge in [0.15, 0.2) is 0 Å². The minimum Gasteiger partial charge on any atom is -0.310 e. The molecule has 1 aromatic carbocycles. The van der Waals surface area contributed by atoms with Gasteiger partial charge in [0.2, 0.25) is 0 Å². The third kappa shape index (κ3) is 2.25. The largest absolute Gasteiger partial charge is 0.310 e. The van der Waals surface area contributed by atoms with E-state index in [1.165, 1.54) is 25.7 Å². The Labute approximate surface area is 107 Å². The third-order valence-corrected chi connectivity index (χ3v) is 4.43. The molecule has 18 heavy (non-hydrogen) atoms. The van der Waals surface area contributed by atoms with Crippen LogP contribution in [0.3, 0.4) is 0 Å². The third-order valence-electron chi connectivity index (χ3n) is 4.43. The Hall–Kier alpha value is -1.42. The average molecular weight is 246 g/mol. The number of nitro benzene ring substituents is 1. The first kappa shape index (κ1) is 11.7. The Bertz CT molecular complexity index is 461. The van der Waals surface area contributed by atoms with Crippen molar-refractivity contribution in [2.75, 3.05) is 0 Å². The molecule has 0 saturated heterocycles. The maximum Gasteiger partial charge on any atom is 0.269 e. The summed E-state index contributed by atoms with van der Waals surface area (Å²) in [5.74, 6) is 1.77. The number of nitrogens with zero attached hydrogens (tertiary/aromatic N) is 1. The summed E-state index contributed by atoms with van der Waals surface area (Å²) < 4.78 is 0. The number of fused-ring (bicyclic) bond motifs is 2. The number of benzene rings is 1. The minimum atomic E-state index is -0.332. The van der Waals surface area contributed by atoms with Crippen molar-refractivity contribution in [3.63, 3.8) is 0 Å². The first-order chi connectivity index (χ1) is 8.72. The van der Waals surface area contributed by atoms with Gasteiger partial charge in [-0.05, 0) is 36.7 Å². The Kier molecular flexibility index (Phi) is 3.04. The molecule has 1 aromatic rings. The smallest absolute Gasteiger partial charge is 0.269 e. The second kappa shape index (κ2) is 4.69. The number of rotatable bonds is 4. The average Bonchev–Trinajstić information content (AvgIpc) is 2.99. The fraction of sp³-hybridized carbons (Fsp3) is 0.571. The lowest BCUT2D eigenvalue weighted by molar-refractivity contribution is -0.384. The van der Waals surface area contributed by atoms with Gasteiger partial charge in [0.05, 0.1) is 4.92 Å². The molecule has 4 nitrogen and oxygen atoms in total. The van der Waals surface area contributed by atoms with Crippen LogP contribution in [0.15, 0.2) is 24.3 Å². The van der Waals surface area contributed by atoms with E-state index >= 15 is 0 Å². The molecule has 4 heteroatoms. The van der Waals surface area contributed by atoms with Crippen LogP contribution in [0.25, 0.3) is 0 Å². The van der Waals surface area contributed by atoms with E-state index in [1.807, 2.05) is 6.07 Å². The number of hydrogen-bond acceptors (Lipinski definition) is 3. The molecule has 0 spiro atoms. The molecule has 0 aromatic heterocycles. The normalized spacial score (nSPS) is 29.7. The van der Waals surface area contributed by atoms with Crippen LogP contribution in [-0.4, -0.2) is 11.0 Å². The van der Waals surface area contributed by atoms with E-state index in [-0.39, 0.29) is 10.6 Å². The summed E-state index contributed by atoms with van der Waals surface area (Å²) in [5, 5.41) is 14.3. The fourth-order valence-corrected chi connectivity index (χ4v) is 3.52. The maximum atomic E-state index is 10.7. The quantitative estimate of drug-likeness (QED) is 0.656. The van der Waals surface area contributed by atoms with Crippen molar-refractivity contribution >= 4 is 5.69 Å². The van der Waals surface area contributed by atoms with Crippen LogP contribution in [0.1, 0.15) is 31.2 Å². The van der Waals surface area contributed by atoms with E-state index in [0.29, 0.717) is 6.04 Å². The summed E-state index contributed by atoms with van der Waals surface area (Å²) in [4.78, 5) is 10.4. The van der Waals surface area contributed by atoms with E-state index in [4.69, 9.17) is 0 Å². The van der Waals surface area contributed by atoms with Gasteiger partial charge in [0.1, 0.15) is 0 Å². The molecule has 0 radical (unpaired) electrons. The highest BCUT2D eigenvalue weighted by Crippen LogP contribution is 2.44. The number of nitro groups is 1. The van der Waals surface area contributed by atoms with Gasteiger partial charge < -0.3 is 5.32 Å². The van der Waals surface area contributed by atoms with Gasteiger partial charge in [-0.1, -0.05) is 18.6 Å². The molecular formula is C14H18N2O2. The predicted molar refractivity (Wildman–Crippen MR) is 69.2 cm³/mol. The Morgan fingerprint density at radius 1 is 1.33 bits per heavy atom. The zero-order valence-corrected chi connectivity index (χ0v) is 10.3. The van der Waals surface area contributed by atoms with Crippen LogP contribution < -0.4 is 5.32 Å². The van der Waals surface area contributed by atoms with E-state index in [9.17, 15) is 10.1 Å². The van der Waals surface area contributed by atoms with E-state index in [2.05, 4.69) is 5.32 Å². The second-order valence-electron chi connectivity index (χ2n) is 5.59. The van der Waals surface area contributed by atoms with Crippen molar-refractivity contribution in [3.8, 4) is 0 Å². The van der Waals surface area contributed by atoms with Crippen LogP contribution >= 0.6 is 0 Å². The summed E-state index contributed by atoms with van der Waals surface area (Å²) in [6, 6.07) is 7.55. The topological polar surface area (TPSA) is 55.2 Å². The first-order valence-corrected chi connectivity index (χ1v) is 6.69. The molecule has 2 saturated carbocycles. The zero-order valence-electron chi connectivity index (χ0n) is 10.3. The van der Waals surface area contributed by atoms with Crippen LogP contribution in [0.5, 0.6) is 0 Å². The molecule has 3 atom stereocenters. The number of nitrogens with one attached hydrogen (secondary N) is 1. The van der Waals surface area contributed by atoms with Gasteiger partial charge in [0.25, 0.3) is 5.69 Å². The van der Waals surface area contributed by atoms with Gasteiger partial charge in [-0.2, -0.15) is 0 Å².